The molecule has 2 aliphatic carbocycles. The topological polar surface area (TPSA) is 64.2 Å². The van der Waals surface area contributed by atoms with Gasteiger partial charge in [0, 0.05) is 24.8 Å². The van der Waals surface area contributed by atoms with Crippen LogP contribution in [0.4, 0.5) is 5.82 Å². The summed E-state index contributed by atoms with van der Waals surface area (Å²) >= 11 is 12.7. The molecular formula is C25H28Cl2N4O. The predicted octanol–water partition coefficient (Wildman–Crippen LogP) is 5.03. The molecule has 0 unspecified atom stereocenters. The van der Waals surface area contributed by atoms with E-state index in [9.17, 15) is 4.79 Å². The van der Waals surface area contributed by atoms with Crippen molar-refractivity contribution < 1.29 is 0 Å². The summed E-state index contributed by atoms with van der Waals surface area (Å²) in [5.41, 5.74) is 10.8. The van der Waals surface area contributed by atoms with Crippen LogP contribution in [0.15, 0.2) is 45.2 Å². The first-order valence-corrected chi connectivity index (χ1v) is 12.0. The molecule has 1 fully saturated rings. The van der Waals surface area contributed by atoms with Crippen molar-refractivity contribution in [2.45, 2.75) is 52.0 Å². The summed E-state index contributed by atoms with van der Waals surface area (Å²) in [4.78, 5) is 20.5. The molecule has 0 radical (unpaired) electrons. The molecule has 5 nitrogen and oxygen atoms in total. The van der Waals surface area contributed by atoms with E-state index in [2.05, 4.69) is 29.2 Å². The number of aromatic nitrogens is 2. The lowest BCUT2D eigenvalue weighted by atomic mass is 9.73. The summed E-state index contributed by atoms with van der Waals surface area (Å²) in [5, 5.41) is 0.933. The van der Waals surface area contributed by atoms with Crippen LogP contribution in [0.25, 0.3) is 5.70 Å². The molecule has 32 heavy (non-hydrogen) atoms. The smallest absolute Gasteiger partial charge is 0.262 e. The van der Waals surface area contributed by atoms with E-state index in [0.29, 0.717) is 27.9 Å². The second-order valence-electron chi connectivity index (χ2n) is 9.30. The molecule has 1 aromatic carbocycles. The Bertz CT molecular complexity index is 1200. The van der Waals surface area contributed by atoms with E-state index < -0.39 is 0 Å². The number of nitrogens with zero attached hydrogens (tertiary/aromatic N) is 3. The van der Waals surface area contributed by atoms with Gasteiger partial charge in [-0.1, -0.05) is 53.5 Å². The van der Waals surface area contributed by atoms with Crippen LogP contribution in [0, 0.1) is 19.3 Å². The third kappa shape index (κ3) is 3.33. The van der Waals surface area contributed by atoms with Gasteiger partial charge in [-0.25, -0.2) is 4.98 Å². The number of rotatable bonds is 2. The van der Waals surface area contributed by atoms with Crippen molar-refractivity contribution >= 4 is 34.7 Å². The molecule has 0 bridgehead atoms. The number of benzene rings is 1. The summed E-state index contributed by atoms with van der Waals surface area (Å²) in [5.74, 6) is 1.41. The highest BCUT2D eigenvalue weighted by molar-refractivity contribution is 6.45. The minimum atomic E-state index is -0.0720. The lowest BCUT2D eigenvalue weighted by Gasteiger charge is -2.43. The molecule has 2 heterocycles. The number of hydrogen-bond acceptors (Lipinski definition) is 4. The van der Waals surface area contributed by atoms with Crippen molar-refractivity contribution in [1.29, 1.82) is 0 Å². The normalized spacial score (nSPS) is 22.3. The van der Waals surface area contributed by atoms with Crippen LogP contribution in [-0.2, 0) is 6.42 Å². The lowest BCUT2D eigenvalue weighted by molar-refractivity contribution is 0.187. The summed E-state index contributed by atoms with van der Waals surface area (Å²) in [7, 11) is 0. The zero-order chi connectivity index (χ0) is 22.6. The van der Waals surface area contributed by atoms with Crippen molar-refractivity contribution in [1.82, 2.24) is 9.55 Å². The second-order valence-corrected chi connectivity index (χ2v) is 10.1. The fourth-order valence-electron chi connectivity index (χ4n) is 5.68. The molecule has 2 N–H and O–H groups in total. The van der Waals surface area contributed by atoms with Gasteiger partial charge >= 0.3 is 0 Å². The van der Waals surface area contributed by atoms with Gasteiger partial charge in [0.05, 0.1) is 15.6 Å². The van der Waals surface area contributed by atoms with Gasteiger partial charge in [0.15, 0.2) is 0 Å². The first-order chi connectivity index (χ1) is 15.3. The van der Waals surface area contributed by atoms with Crippen LogP contribution in [0.5, 0.6) is 0 Å². The highest BCUT2D eigenvalue weighted by Crippen LogP contribution is 2.51. The fourth-order valence-corrected chi connectivity index (χ4v) is 6.15. The van der Waals surface area contributed by atoms with Crippen molar-refractivity contribution in [3.05, 3.63) is 73.3 Å². The number of halogens is 2. The van der Waals surface area contributed by atoms with Crippen LogP contribution in [0.2, 0.25) is 0 Å². The standard InChI is InChI=1S/C25H28Cl2N4O/c1-15-23(29-16(2)31(24(15)32)20-9-5-8-19(26)21(20)27)30-12-10-25(11-13-30)14-17-6-3-4-7-18(17)22(25)28/h3-4,6-8,22H,5,9-14,28H2,1-2H3/t22-/m0/s1. The van der Waals surface area contributed by atoms with Crippen molar-refractivity contribution in [3.63, 3.8) is 0 Å². The SMILES string of the molecule is Cc1c(N2CCC3(CC2)Cc2ccccc2[C@@H]3N)nc(C)n(C2=C(Cl)C(Cl)=CCC2)c1=O. The van der Waals surface area contributed by atoms with Crippen LogP contribution in [0.3, 0.4) is 0 Å². The average Bonchev–Trinajstić information content (AvgIpc) is 3.06. The molecular weight excluding hydrogens is 443 g/mol. The zero-order valence-corrected chi connectivity index (χ0v) is 20.0. The van der Waals surface area contributed by atoms with E-state index in [1.54, 1.807) is 4.57 Å². The Morgan fingerprint density at radius 3 is 2.59 bits per heavy atom. The average molecular weight is 471 g/mol. The summed E-state index contributed by atoms with van der Waals surface area (Å²) < 4.78 is 1.63. The summed E-state index contributed by atoms with van der Waals surface area (Å²) in [6.07, 6.45) is 6.33. The summed E-state index contributed by atoms with van der Waals surface area (Å²) in [6.45, 7) is 5.41. The maximum atomic E-state index is 13.4. The third-order valence-corrected chi connectivity index (χ3v) is 8.40. The van der Waals surface area contributed by atoms with Crippen molar-refractivity contribution in [3.8, 4) is 0 Å². The monoisotopic (exact) mass is 470 g/mol. The maximum Gasteiger partial charge on any atom is 0.262 e. The van der Waals surface area contributed by atoms with Gasteiger partial charge in [-0.3, -0.25) is 9.36 Å². The van der Waals surface area contributed by atoms with Crippen molar-refractivity contribution in [2.75, 3.05) is 18.0 Å². The largest absolute Gasteiger partial charge is 0.356 e. The van der Waals surface area contributed by atoms with E-state index in [4.69, 9.17) is 33.9 Å². The molecule has 1 aliphatic heterocycles. The Hall–Kier alpha value is -2.08. The Kier molecular flexibility index (Phi) is 5.47. The Morgan fingerprint density at radius 1 is 1.16 bits per heavy atom. The molecule has 1 aromatic heterocycles. The number of anilines is 1. The van der Waals surface area contributed by atoms with Crippen molar-refractivity contribution in [2.24, 2.45) is 11.1 Å². The number of nitrogens with two attached hydrogens (primary N) is 1. The first kappa shape index (κ1) is 21.7. The molecule has 1 saturated heterocycles. The Balaban J connectivity index is 1.43. The van der Waals surface area contributed by atoms with Crippen LogP contribution >= 0.6 is 23.2 Å². The zero-order valence-electron chi connectivity index (χ0n) is 18.5. The Morgan fingerprint density at radius 2 is 1.88 bits per heavy atom. The molecule has 0 saturated carbocycles. The quantitative estimate of drug-likeness (QED) is 0.668. The van der Waals surface area contributed by atoms with E-state index >= 15 is 0 Å². The predicted molar refractivity (Wildman–Crippen MR) is 131 cm³/mol. The Labute approximate surface area is 198 Å². The maximum absolute atomic E-state index is 13.4. The van der Waals surface area contributed by atoms with Gasteiger partial charge in [-0.2, -0.15) is 0 Å². The van der Waals surface area contributed by atoms with Crippen LogP contribution in [0.1, 0.15) is 54.2 Å². The van der Waals surface area contributed by atoms with Gasteiger partial charge < -0.3 is 10.6 Å². The number of allylic oxidation sites excluding steroid dienone is 4. The molecule has 168 valence electrons. The molecule has 3 aliphatic rings. The van der Waals surface area contributed by atoms with Crippen LogP contribution < -0.4 is 16.2 Å². The molecule has 5 rings (SSSR count). The minimum Gasteiger partial charge on any atom is -0.356 e. The van der Waals surface area contributed by atoms with Crippen LogP contribution in [-0.4, -0.2) is 22.6 Å². The third-order valence-electron chi connectivity index (χ3n) is 7.54. The highest BCUT2D eigenvalue weighted by atomic mass is 35.5. The number of fused-ring (bicyclic) bond motifs is 1. The molecule has 2 aromatic rings. The number of aryl methyl sites for hydroxylation is 1. The lowest BCUT2D eigenvalue weighted by Crippen LogP contribution is -2.45. The van der Waals surface area contributed by atoms with Gasteiger partial charge in [0.25, 0.3) is 5.56 Å². The molecule has 1 spiro atoms. The molecule has 0 amide bonds. The fraction of sp³-hybridized carbons (Fsp3) is 0.440. The molecule has 1 atom stereocenters. The van der Waals surface area contributed by atoms with E-state index in [0.717, 1.165) is 50.3 Å². The van der Waals surface area contributed by atoms with E-state index in [-0.39, 0.29) is 17.0 Å². The minimum absolute atomic E-state index is 0.0720. The number of hydrogen-bond donors (Lipinski definition) is 1. The first-order valence-electron chi connectivity index (χ1n) is 11.3. The van der Waals surface area contributed by atoms with Gasteiger partial charge in [0.2, 0.25) is 0 Å². The highest BCUT2D eigenvalue weighted by Gasteiger charge is 2.46. The molecule has 7 heteroatoms. The van der Waals surface area contributed by atoms with Gasteiger partial charge in [-0.15, -0.1) is 0 Å². The van der Waals surface area contributed by atoms with Gasteiger partial charge in [-0.05, 0) is 62.5 Å². The summed E-state index contributed by atoms with van der Waals surface area (Å²) in [6, 6.07) is 8.62. The van der Waals surface area contributed by atoms with E-state index in [1.165, 1.54) is 11.1 Å². The second kappa shape index (κ2) is 8.05. The van der Waals surface area contributed by atoms with Gasteiger partial charge in [0.1, 0.15) is 11.6 Å². The number of piperidine rings is 1. The van der Waals surface area contributed by atoms with E-state index in [1.807, 2.05) is 19.9 Å².